The van der Waals surface area contributed by atoms with Crippen LogP contribution in [-0.4, -0.2) is 22.1 Å². The summed E-state index contributed by atoms with van der Waals surface area (Å²) in [4.78, 5) is 9.22. The summed E-state index contributed by atoms with van der Waals surface area (Å²) >= 11 is 0. The van der Waals surface area contributed by atoms with E-state index in [1.54, 1.807) is 0 Å². The van der Waals surface area contributed by atoms with Crippen LogP contribution in [0.1, 0.15) is 65.1 Å². The van der Waals surface area contributed by atoms with Crippen LogP contribution in [0.3, 0.4) is 0 Å². The fourth-order valence-electron chi connectivity index (χ4n) is 2.65. The van der Waals surface area contributed by atoms with Crippen molar-refractivity contribution in [2.75, 3.05) is 17.2 Å². The highest BCUT2D eigenvalue weighted by Gasteiger charge is 2.28. The molecule has 1 aromatic rings. The standard InChI is InChI=1S/C15H26N4/c1-5-16-12-10-13(18-14(17-12)11(2)3)19-15(4)8-6-7-9-15/h10-11H,5-9H2,1-4H3,(H2,16,17,18,19). The summed E-state index contributed by atoms with van der Waals surface area (Å²) in [5.41, 5.74) is 0.200. The summed E-state index contributed by atoms with van der Waals surface area (Å²) in [5.74, 6) is 3.13. The number of aromatic nitrogens is 2. The minimum absolute atomic E-state index is 0.200. The molecular formula is C15H26N4. The van der Waals surface area contributed by atoms with Gasteiger partial charge in [0.25, 0.3) is 0 Å². The molecule has 4 nitrogen and oxygen atoms in total. The van der Waals surface area contributed by atoms with Crippen LogP contribution in [0.4, 0.5) is 11.6 Å². The Hall–Kier alpha value is -1.32. The van der Waals surface area contributed by atoms with Crippen molar-refractivity contribution >= 4 is 11.6 Å². The van der Waals surface area contributed by atoms with Gasteiger partial charge in [0.1, 0.15) is 17.5 Å². The topological polar surface area (TPSA) is 49.8 Å². The Bertz CT molecular complexity index is 422. The van der Waals surface area contributed by atoms with Gasteiger partial charge in [-0.1, -0.05) is 26.7 Å². The quantitative estimate of drug-likeness (QED) is 0.848. The molecule has 1 heterocycles. The van der Waals surface area contributed by atoms with E-state index in [1.165, 1.54) is 25.7 Å². The van der Waals surface area contributed by atoms with E-state index in [4.69, 9.17) is 0 Å². The van der Waals surface area contributed by atoms with Crippen LogP contribution in [0.2, 0.25) is 0 Å². The maximum Gasteiger partial charge on any atom is 0.135 e. The van der Waals surface area contributed by atoms with E-state index in [-0.39, 0.29) is 5.54 Å². The van der Waals surface area contributed by atoms with Gasteiger partial charge in [0.15, 0.2) is 0 Å². The monoisotopic (exact) mass is 262 g/mol. The predicted octanol–water partition coefficient (Wildman–Crippen LogP) is 3.78. The second kappa shape index (κ2) is 5.76. The number of anilines is 2. The first-order valence-corrected chi connectivity index (χ1v) is 7.43. The molecule has 2 rings (SSSR count). The van der Waals surface area contributed by atoms with Gasteiger partial charge >= 0.3 is 0 Å². The van der Waals surface area contributed by atoms with E-state index < -0.39 is 0 Å². The Morgan fingerprint density at radius 2 is 1.84 bits per heavy atom. The molecule has 2 N–H and O–H groups in total. The summed E-state index contributed by atoms with van der Waals surface area (Å²) in [6.45, 7) is 9.52. The van der Waals surface area contributed by atoms with Crippen molar-refractivity contribution in [3.8, 4) is 0 Å². The van der Waals surface area contributed by atoms with Gasteiger partial charge in [-0.3, -0.25) is 0 Å². The first-order valence-electron chi connectivity index (χ1n) is 7.43. The van der Waals surface area contributed by atoms with Crippen molar-refractivity contribution in [2.45, 2.75) is 64.8 Å². The fraction of sp³-hybridized carbons (Fsp3) is 0.733. The highest BCUT2D eigenvalue weighted by Crippen LogP contribution is 2.32. The second-order valence-corrected chi connectivity index (χ2v) is 6.07. The first-order chi connectivity index (χ1) is 9.02. The van der Waals surface area contributed by atoms with Crippen LogP contribution in [0.15, 0.2) is 6.07 Å². The van der Waals surface area contributed by atoms with Crippen molar-refractivity contribution in [3.05, 3.63) is 11.9 Å². The van der Waals surface area contributed by atoms with Crippen LogP contribution in [-0.2, 0) is 0 Å². The zero-order valence-corrected chi connectivity index (χ0v) is 12.6. The zero-order valence-electron chi connectivity index (χ0n) is 12.6. The lowest BCUT2D eigenvalue weighted by molar-refractivity contribution is 0.530. The van der Waals surface area contributed by atoms with Crippen LogP contribution >= 0.6 is 0 Å². The Labute approximate surface area is 116 Å². The Morgan fingerprint density at radius 1 is 1.21 bits per heavy atom. The number of nitrogens with one attached hydrogen (secondary N) is 2. The molecule has 0 radical (unpaired) electrons. The van der Waals surface area contributed by atoms with Gasteiger partial charge in [-0.25, -0.2) is 9.97 Å². The lowest BCUT2D eigenvalue weighted by Crippen LogP contribution is -2.31. The molecule has 106 valence electrons. The normalized spacial score (nSPS) is 17.7. The molecule has 1 saturated carbocycles. The number of rotatable bonds is 5. The van der Waals surface area contributed by atoms with E-state index in [2.05, 4.69) is 48.3 Å². The van der Waals surface area contributed by atoms with Gasteiger partial charge in [0.2, 0.25) is 0 Å². The first kappa shape index (κ1) is 14.1. The van der Waals surface area contributed by atoms with Gasteiger partial charge in [-0.05, 0) is 26.7 Å². The van der Waals surface area contributed by atoms with Crippen LogP contribution in [0.25, 0.3) is 0 Å². The third-order valence-electron chi connectivity index (χ3n) is 3.75. The van der Waals surface area contributed by atoms with Gasteiger partial charge in [0.05, 0.1) is 0 Å². The van der Waals surface area contributed by atoms with Gasteiger partial charge in [-0.15, -0.1) is 0 Å². The predicted molar refractivity (Wildman–Crippen MR) is 80.8 cm³/mol. The average Bonchev–Trinajstić information content (AvgIpc) is 2.75. The van der Waals surface area contributed by atoms with Crippen molar-refractivity contribution in [2.24, 2.45) is 0 Å². The Morgan fingerprint density at radius 3 is 2.42 bits per heavy atom. The van der Waals surface area contributed by atoms with E-state index in [9.17, 15) is 0 Å². The molecule has 19 heavy (non-hydrogen) atoms. The lowest BCUT2D eigenvalue weighted by atomic mass is 10.0. The van der Waals surface area contributed by atoms with Gasteiger partial charge < -0.3 is 10.6 Å². The number of hydrogen-bond acceptors (Lipinski definition) is 4. The zero-order chi connectivity index (χ0) is 13.9. The largest absolute Gasteiger partial charge is 0.370 e. The Balaban J connectivity index is 2.22. The molecule has 0 aliphatic heterocycles. The molecular weight excluding hydrogens is 236 g/mol. The van der Waals surface area contributed by atoms with Crippen LogP contribution in [0.5, 0.6) is 0 Å². The highest BCUT2D eigenvalue weighted by atomic mass is 15.1. The molecule has 1 aliphatic carbocycles. The van der Waals surface area contributed by atoms with Crippen molar-refractivity contribution in [1.82, 2.24) is 9.97 Å². The molecule has 0 saturated heterocycles. The summed E-state index contributed by atoms with van der Waals surface area (Å²) < 4.78 is 0. The maximum absolute atomic E-state index is 4.66. The van der Waals surface area contributed by atoms with Crippen LogP contribution < -0.4 is 10.6 Å². The SMILES string of the molecule is CCNc1cc(NC2(C)CCCC2)nc(C(C)C)n1. The number of nitrogens with zero attached hydrogens (tertiary/aromatic N) is 2. The fourth-order valence-corrected chi connectivity index (χ4v) is 2.65. The molecule has 0 unspecified atom stereocenters. The van der Waals surface area contributed by atoms with Gasteiger partial charge in [-0.2, -0.15) is 0 Å². The van der Waals surface area contributed by atoms with Crippen molar-refractivity contribution < 1.29 is 0 Å². The molecule has 1 aromatic heterocycles. The molecule has 0 spiro atoms. The van der Waals surface area contributed by atoms with Crippen molar-refractivity contribution in [1.29, 1.82) is 0 Å². The third-order valence-corrected chi connectivity index (χ3v) is 3.75. The van der Waals surface area contributed by atoms with Gasteiger partial charge in [0, 0.05) is 24.1 Å². The molecule has 0 bridgehead atoms. The summed E-state index contributed by atoms with van der Waals surface area (Å²) in [5, 5.41) is 6.91. The summed E-state index contributed by atoms with van der Waals surface area (Å²) in [6.07, 6.45) is 5.08. The minimum atomic E-state index is 0.200. The maximum atomic E-state index is 4.66. The highest BCUT2D eigenvalue weighted by molar-refractivity contribution is 5.49. The lowest BCUT2D eigenvalue weighted by Gasteiger charge is -2.26. The molecule has 0 amide bonds. The second-order valence-electron chi connectivity index (χ2n) is 6.07. The van der Waals surface area contributed by atoms with E-state index in [0.29, 0.717) is 5.92 Å². The molecule has 1 fully saturated rings. The summed E-state index contributed by atoms with van der Waals surface area (Å²) in [6, 6.07) is 2.03. The summed E-state index contributed by atoms with van der Waals surface area (Å²) in [7, 11) is 0. The average molecular weight is 262 g/mol. The van der Waals surface area contributed by atoms with Crippen LogP contribution in [0, 0.1) is 0 Å². The van der Waals surface area contributed by atoms with E-state index >= 15 is 0 Å². The number of hydrogen-bond donors (Lipinski definition) is 2. The molecule has 0 atom stereocenters. The van der Waals surface area contributed by atoms with E-state index in [0.717, 1.165) is 24.0 Å². The molecule has 4 heteroatoms. The smallest absolute Gasteiger partial charge is 0.135 e. The molecule has 1 aliphatic rings. The minimum Gasteiger partial charge on any atom is -0.370 e. The van der Waals surface area contributed by atoms with E-state index in [1.807, 2.05) is 6.07 Å². The Kier molecular flexibility index (Phi) is 4.27. The van der Waals surface area contributed by atoms with Crippen molar-refractivity contribution in [3.63, 3.8) is 0 Å². The third kappa shape index (κ3) is 3.58. The molecule has 0 aromatic carbocycles.